The number of thiophene rings is 1. The standard InChI is InChI=1S/C17H28N2S/c1-13(10-17-8-7-15(3)20-17)19-12-16-6-4-5-9-18(16)11-14(19)2/h7-8,13-14,16H,4-6,9-12H2,1-3H3. The molecule has 112 valence electrons. The minimum Gasteiger partial charge on any atom is -0.298 e. The first-order valence-electron chi connectivity index (χ1n) is 8.18. The fourth-order valence-electron chi connectivity index (χ4n) is 3.99. The summed E-state index contributed by atoms with van der Waals surface area (Å²) in [6.07, 6.45) is 5.47. The number of piperidine rings is 1. The van der Waals surface area contributed by atoms with Crippen LogP contribution in [0.2, 0.25) is 0 Å². The van der Waals surface area contributed by atoms with Crippen LogP contribution in [0.15, 0.2) is 12.1 Å². The first kappa shape index (κ1) is 14.6. The van der Waals surface area contributed by atoms with Crippen molar-refractivity contribution in [3.8, 4) is 0 Å². The molecule has 3 heteroatoms. The van der Waals surface area contributed by atoms with Gasteiger partial charge in [-0.3, -0.25) is 9.80 Å². The Balaban J connectivity index is 1.63. The van der Waals surface area contributed by atoms with E-state index in [0.717, 1.165) is 6.04 Å². The molecule has 2 nitrogen and oxygen atoms in total. The maximum atomic E-state index is 2.77. The average Bonchev–Trinajstić information content (AvgIpc) is 2.83. The van der Waals surface area contributed by atoms with Gasteiger partial charge < -0.3 is 0 Å². The van der Waals surface area contributed by atoms with Crippen molar-refractivity contribution in [2.45, 2.75) is 64.6 Å². The molecule has 3 unspecified atom stereocenters. The van der Waals surface area contributed by atoms with Gasteiger partial charge in [-0.25, -0.2) is 0 Å². The molecule has 2 fully saturated rings. The maximum absolute atomic E-state index is 2.77. The summed E-state index contributed by atoms with van der Waals surface area (Å²) in [5, 5.41) is 0. The van der Waals surface area contributed by atoms with Gasteiger partial charge in [0.2, 0.25) is 0 Å². The summed E-state index contributed by atoms with van der Waals surface area (Å²) in [5.74, 6) is 0. The topological polar surface area (TPSA) is 6.48 Å². The number of aryl methyl sites for hydroxylation is 1. The molecule has 0 N–H and O–H groups in total. The number of rotatable bonds is 3. The lowest BCUT2D eigenvalue weighted by Gasteiger charge is -2.49. The lowest BCUT2D eigenvalue weighted by molar-refractivity contribution is -0.00371. The predicted molar refractivity (Wildman–Crippen MR) is 87.6 cm³/mol. The smallest absolute Gasteiger partial charge is 0.0224 e. The molecule has 3 rings (SSSR count). The van der Waals surface area contributed by atoms with E-state index >= 15 is 0 Å². The van der Waals surface area contributed by atoms with E-state index in [1.165, 1.54) is 50.2 Å². The highest BCUT2D eigenvalue weighted by molar-refractivity contribution is 7.11. The van der Waals surface area contributed by atoms with Crippen LogP contribution in [-0.4, -0.2) is 47.6 Å². The van der Waals surface area contributed by atoms with Crippen LogP contribution in [0.25, 0.3) is 0 Å². The number of piperazine rings is 1. The molecule has 0 aliphatic carbocycles. The van der Waals surface area contributed by atoms with Crippen LogP contribution in [0.3, 0.4) is 0 Å². The van der Waals surface area contributed by atoms with Gasteiger partial charge in [-0.15, -0.1) is 11.3 Å². The van der Waals surface area contributed by atoms with Crippen LogP contribution < -0.4 is 0 Å². The molecule has 2 aliphatic heterocycles. The molecule has 0 saturated carbocycles. The van der Waals surface area contributed by atoms with Crippen molar-refractivity contribution in [3.05, 3.63) is 21.9 Å². The van der Waals surface area contributed by atoms with Gasteiger partial charge in [-0.2, -0.15) is 0 Å². The van der Waals surface area contributed by atoms with Crippen molar-refractivity contribution in [1.82, 2.24) is 9.80 Å². The van der Waals surface area contributed by atoms with E-state index in [1.807, 2.05) is 11.3 Å². The Bertz CT molecular complexity index is 442. The van der Waals surface area contributed by atoms with Crippen LogP contribution >= 0.6 is 11.3 Å². The number of hydrogen-bond donors (Lipinski definition) is 0. The zero-order chi connectivity index (χ0) is 14.1. The molecular formula is C17H28N2S. The average molecular weight is 292 g/mol. The van der Waals surface area contributed by atoms with Crippen molar-refractivity contribution >= 4 is 11.3 Å². The molecule has 3 atom stereocenters. The number of fused-ring (bicyclic) bond motifs is 1. The van der Waals surface area contributed by atoms with Crippen LogP contribution in [-0.2, 0) is 6.42 Å². The highest BCUT2D eigenvalue weighted by Crippen LogP contribution is 2.27. The molecule has 0 radical (unpaired) electrons. The maximum Gasteiger partial charge on any atom is 0.0224 e. The van der Waals surface area contributed by atoms with Crippen LogP contribution in [0, 0.1) is 6.92 Å². The van der Waals surface area contributed by atoms with Gasteiger partial charge in [0.05, 0.1) is 0 Å². The van der Waals surface area contributed by atoms with E-state index in [4.69, 9.17) is 0 Å². The molecule has 0 aromatic carbocycles. The minimum absolute atomic E-state index is 0.673. The van der Waals surface area contributed by atoms with E-state index in [0.29, 0.717) is 12.1 Å². The van der Waals surface area contributed by atoms with Crippen molar-refractivity contribution in [3.63, 3.8) is 0 Å². The van der Waals surface area contributed by atoms with Gasteiger partial charge in [0.1, 0.15) is 0 Å². The SMILES string of the molecule is Cc1ccc(CC(C)N2CC3CCCCN3CC2C)s1. The fourth-order valence-corrected chi connectivity index (χ4v) is 5.00. The van der Waals surface area contributed by atoms with E-state index in [-0.39, 0.29) is 0 Å². The quantitative estimate of drug-likeness (QED) is 0.840. The monoisotopic (exact) mass is 292 g/mol. The Morgan fingerprint density at radius 2 is 2.15 bits per heavy atom. The molecule has 20 heavy (non-hydrogen) atoms. The number of hydrogen-bond acceptors (Lipinski definition) is 3. The highest BCUT2D eigenvalue weighted by atomic mass is 32.1. The third-order valence-electron chi connectivity index (χ3n) is 5.09. The predicted octanol–water partition coefficient (Wildman–Crippen LogP) is 3.55. The minimum atomic E-state index is 0.673. The van der Waals surface area contributed by atoms with Crippen molar-refractivity contribution in [2.24, 2.45) is 0 Å². The molecule has 0 bridgehead atoms. The molecule has 2 saturated heterocycles. The van der Waals surface area contributed by atoms with E-state index in [2.05, 4.69) is 42.7 Å². The van der Waals surface area contributed by atoms with Crippen molar-refractivity contribution < 1.29 is 0 Å². The van der Waals surface area contributed by atoms with Crippen molar-refractivity contribution in [2.75, 3.05) is 19.6 Å². The molecule has 0 amide bonds. The normalized spacial score (nSPS) is 30.1. The third-order valence-corrected chi connectivity index (χ3v) is 6.12. The Kier molecular flexibility index (Phi) is 4.49. The van der Waals surface area contributed by atoms with Crippen molar-refractivity contribution in [1.29, 1.82) is 0 Å². The molecule has 2 aliphatic rings. The van der Waals surface area contributed by atoms with Gasteiger partial charge in [-0.1, -0.05) is 6.42 Å². The Labute approximate surface area is 127 Å². The lowest BCUT2D eigenvalue weighted by atomic mass is 9.95. The second-order valence-corrected chi connectivity index (χ2v) is 8.13. The summed E-state index contributed by atoms with van der Waals surface area (Å²) in [6, 6.07) is 6.78. The summed E-state index contributed by atoms with van der Waals surface area (Å²) in [6.45, 7) is 10.9. The third kappa shape index (κ3) is 3.10. The second kappa shape index (κ2) is 6.17. The Hall–Kier alpha value is -0.380. The highest BCUT2D eigenvalue weighted by Gasteiger charge is 2.34. The van der Waals surface area contributed by atoms with E-state index in [1.54, 1.807) is 4.88 Å². The van der Waals surface area contributed by atoms with E-state index < -0.39 is 0 Å². The first-order chi connectivity index (χ1) is 9.63. The summed E-state index contributed by atoms with van der Waals surface area (Å²) in [4.78, 5) is 8.50. The van der Waals surface area contributed by atoms with Gasteiger partial charge >= 0.3 is 0 Å². The summed E-state index contributed by atoms with van der Waals surface area (Å²) in [5.41, 5.74) is 0. The first-order valence-corrected chi connectivity index (χ1v) is 9.00. The zero-order valence-electron chi connectivity index (χ0n) is 13.1. The summed E-state index contributed by atoms with van der Waals surface area (Å²) >= 11 is 1.97. The van der Waals surface area contributed by atoms with Crippen LogP contribution in [0.1, 0.15) is 42.9 Å². The molecule has 3 heterocycles. The summed E-state index contributed by atoms with van der Waals surface area (Å²) in [7, 11) is 0. The van der Waals surface area contributed by atoms with Gasteiger partial charge in [-0.05, 0) is 58.7 Å². The summed E-state index contributed by atoms with van der Waals surface area (Å²) < 4.78 is 0. The zero-order valence-corrected chi connectivity index (χ0v) is 14.0. The van der Waals surface area contributed by atoms with Crippen LogP contribution in [0.5, 0.6) is 0 Å². The Morgan fingerprint density at radius 3 is 2.90 bits per heavy atom. The molecule has 1 aromatic rings. The molecule has 0 spiro atoms. The lowest BCUT2D eigenvalue weighted by Crippen LogP contribution is -2.60. The van der Waals surface area contributed by atoms with Gasteiger partial charge in [0, 0.05) is 41.0 Å². The number of nitrogens with zero attached hydrogens (tertiary/aromatic N) is 2. The second-order valence-electron chi connectivity index (χ2n) is 6.76. The van der Waals surface area contributed by atoms with E-state index in [9.17, 15) is 0 Å². The fraction of sp³-hybridized carbons (Fsp3) is 0.765. The molecule has 1 aromatic heterocycles. The Morgan fingerprint density at radius 1 is 1.30 bits per heavy atom. The largest absolute Gasteiger partial charge is 0.298 e. The molecular weight excluding hydrogens is 264 g/mol. The van der Waals surface area contributed by atoms with Gasteiger partial charge in [0.25, 0.3) is 0 Å². The van der Waals surface area contributed by atoms with Crippen LogP contribution in [0.4, 0.5) is 0 Å². The van der Waals surface area contributed by atoms with Gasteiger partial charge in [0.15, 0.2) is 0 Å².